The average Bonchev–Trinajstić information content (AvgIpc) is 2.54. The van der Waals surface area contributed by atoms with E-state index in [9.17, 15) is 0 Å². The Hall–Kier alpha value is -2.14. The van der Waals surface area contributed by atoms with Crippen molar-refractivity contribution in [3.63, 3.8) is 0 Å². The molecule has 2 rings (SSSR count). The fraction of sp³-hybridized carbons (Fsp3) is 0.375. The number of aromatic nitrogens is 2. The fourth-order valence-electron chi connectivity index (χ4n) is 2.09. The summed E-state index contributed by atoms with van der Waals surface area (Å²) in [5, 5.41) is 0. The quantitative estimate of drug-likeness (QED) is 0.604. The largest absolute Gasteiger partial charge is 0.477 e. The molecule has 0 spiro atoms. The molecule has 0 fully saturated rings. The molecule has 3 N–H and O–H groups in total. The molecular formula is C16H22N4O. The molecule has 1 heterocycles. The van der Waals surface area contributed by atoms with Crippen LogP contribution in [0.2, 0.25) is 0 Å². The second-order valence-electron chi connectivity index (χ2n) is 5.13. The first-order valence-corrected chi connectivity index (χ1v) is 7.26. The van der Waals surface area contributed by atoms with Gasteiger partial charge in [-0.1, -0.05) is 50.6 Å². The molecule has 5 heteroatoms. The van der Waals surface area contributed by atoms with Gasteiger partial charge in [-0.15, -0.1) is 0 Å². The van der Waals surface area contributed by atoms with Gasteiger partial charge in [-0.05, 0) is 12.3 Å². The summed E-state index contributed by atoms with van der Waals surface area (Å²) in [4.78, 5) is 8.81. The summed E-state index contributed by atoms with van der Waals surface area (Å²) in [6.45, 7) is 4.99. The van der Waals surface area contributed by atoms with Crippen LogP contribution in [-0.2, 0) is 0 Å². The Bertz CT molecular complexity index is 559. The second kappa shape index (κ2) is 7.59. The minimum atomic E-state index is 0.499. The normalized spacial score (nSPS) is 12.0. The molecular weight excluding hydrogens is 264 g/mol. The number of anilines is 1. The van der Waals surface area contributed by atoms with Gasteiger partial charge < -0.3 is 10.2 Å². The summed E-state index contributed by atoms with van der Waals surface area (Å²) in [6.07, 6.45) is 2.29. The van der Waals surface area contributed by atoms with Crippen molar-refractivity contribution in [3.05, 3.63) is 36.4 Å². The van der Waals surface area contributed by atoms with Crippen molar-refractivity contribution in [2.24, 2.45) is 11.8 Å². The average molecular weight is 286 g/mol. The SMILES string of the molecule is CCCC(C)COc1cc(NN)nc(-c2ccccc2)n1. The molecule has 1 aromatic carbocycles. The maximum atomic E-state index is 5.78. The van der Waals surface area contributed by atoms with Gasteiger partial charge in [0, 0.05) is 11.6 Å². The first-order chi connectivity index (χ1) is 10.2. The van der Waals surface area contributed by atoms with E-state index in [2.05, 4.69) is 29.2 Å². The number of hydrazine groups is 1. The van der Waals surface area contributed by atoms with Gasteiger partial charge in [-0.3, -0.25) is 0 Å². The van der Waals surface area contributed by atoms with Crippen molar-refractivity contribution in [3.8, 4) is 17.3 Å². The van der Waals surface area contributed by atoms with E-state index in [1.54, 1.807) is 6.07 Å². The third-order valence-electron chi connectivity index (χ3n) is 3.18. The number of nitrogens with zero attached hydrogens (tertiary/aromatic N) is 2. The number of rotatable bonds is 7. The Kier molecular flexibility index (Phi) is 5.51. The molecule has 0 bridgehead atoms. The van der Waals surface area contributed by atoms with Crippen molar-refractivity contribution in [1.29, 1.82) is 0 Å². The van der Waals surface area contributed by atoms with Gasteiger partial charge in [0.05, 0.1) is 6.61 Å². The molecule has 1 atom stereocenters. The summed E-state index contributed by atoms with van der Waals surface area (Å²) in [6, 6.07) is 11.5. The molecule has 0 aliphatic rings. The smallest absolute Gasteiger partial charge is 0.219 e. The van der Waals surface area contributed by atoms with Gasteiger partial charge >= 0.3 is 0 Å². The topological polar surface area (TPSA) is 73.1 Å². The third kappa shape index (κ3) is 4.43. The molecule has 0 aliphatic carbocycles. The predicted molar refractivity (Wildman–Crippen MR) is 84.8 cm³/mol. The molecule has 0 radical (unpaired) electrons. The molecule has 0 saturated heterocycles. The molecule has 0 aliphatic heterocycles. The zero-order chi connectivity index (χ0) is 15.1. The Morgan fingerprint density at radius 2 is 2.00 bits per heavy atom. The summed E-state index contributed by atoms with van der Waals surface area (Å²) in [5.74, 6) is 7.66. The first kappa shape index (κ1) is 15.3. The Morgan fingerprint density at radius 3 is 2.67 bits per heavy atom. The maximum Gasteiger partial charge on any atom is 0.219 e. The minimum absolute atomic E-state index is 0.499. The van der Waals surface area contributed by atoms with Gasteiger partial charge in [0.15, 0.2) is 5.82 Å². The van der Waals surface area contributed by atoms with Gasteiger partial charge in [-0.2, -0.15) is 4.98 Å². The molecule has 1 unspecified atom stereocenters. The monoisotopic (exact) mass is 286 g/mol. The van der Waals surface area contributed by atoms with Crippen molar-refractivity contribution in [2.45, 2.75) is 26.7 Å². The minimum Gasteiger partial charge on any atom is -0.477 e. The van der Waals surface area contributed by atoms with Gasteiger partial charge in [-0.25, -0.2) is 10.8 Å². The van der Waals surface area contributed by atoms with Crippen LogP contribution in [0.15, 0.2) is 36.4 Å². The van der Waals surface area contributed by atoms with Crippen molar-refractivity contribution in [2.75, 3.05) is 12.0 Å². The number of hydrogen-bond acceptors (Lipinski definition) is 5. The second-order valence-corrected chi connectivity index (χ2v) is 5.13. The zero-order valence-electron chi connectivity index (χ0n) is 12.5. The number of benzene rings is 1. The highest BCUT2D eigenvalue weighted by Gasteiger charge is 2.09. The number of nitrogens with two attached hydrogens (primary N) is 1. The van der Waals surface area contributed by atoms with E-state index < -0.39 is 0 Å². The highest BCUT2D eigenvalue weighted by molar-refractivity contribution is 5.57. The van der Waals surface area contributed by atoms with Gasteiger partial charge in [0.1, 0.15) is 5.82 Å². The van der Waals surface area contributed by atoms with Crippen LogP contribution in [0.3, 0.4) is 0 Å². The standard InChI is InChI=1S/C16H22N4O/c1-3-7-12(2)11-21-15-10-14(20-17)18-16(19-15)13-8-5-4-6-9-13/h4-6,8-10,12H,3,7,11,17H2,1-2H3,(H,18,19,20). The number of nitrogen functional groups attached to an aromatic ring is 1. The number of hydrogen-bond donors (Lipinski definition) is 2. The van der Waals surface area contributed by atoms with E-state index in [0.717, 1.165) is 18.4 Å². The first-order valence-electron chi connectivity index (χ1n) is 7.26. The highest BCUT2D eigenvalue weighted by Crippen LogP contribution is 2.21. The molecule has 5 nitrogen and oxygen atoms in total. The zero-order valence-corrected chi connectivity index (χ0v) is 12.5. The lowest BCUT2D eigenvalue weighted by Crippen LogP contribution is -2.12. The lowest BCUT2D eigenvalue weighted by Gasteiger charge is -2.13. The van der Waals surface area contributed by atoms with Crippen LogP contribution in [-0.4, -0.2) is 16.6 Å². The Morgan fingerprint density at radius 1 is 1.24 bits per heavy atom. The Balaban J connectivity index is 2.18. The van der Waals surface area contributed by atoms with E-state index in [4.69, 9.17) is 10.6 Å². The maximum absolute atomic E-state index is 5.78. The highest BCUT2D eigenvalue weighted by atomic mass is 16.5. The van der Waals surface area contributed by atoms with Crippen molar-refractivity contribution in [1.82, 2.24) is 9.97 Å². The van der Waals surface area contributed by atoms with Crippen LogP contribution in [0, 0.1) is 5.92 Å². The molecule has 112 valence electrons. The molecule has 21 heavy (non-hydrogen) atoms. The summed E-state index contributed by atoms with van der Waals surface area (Å²) < 4.78 is 5.78. The van der Waals surface area contributed by atoms with Crippen LogP contribution >= 0.6 is 0 Å². The van der Waals surface area contributed by atoms with Crippen molar-refractivity contribution < 1.29 is 4.74 Å². The van der Waals surface area contributed by atoms with Crippen molar-refractivity contribution >= 4 is 5.82 Å². The van der Waals surface area contributed by atoms with Crippen LogP contribution < -0.4 is 16.0 Å². The van der Waals surface area contributed by atoms with E-state index >= 15 is 0 Å². The van der Waals surface area contributed by atoms with Gasteiger partial charge in [0.25, 0.3) is 0 Å². The van der Waals surface area contributed by atoms with Crippen LogP contribution in [0.4, 0.5) is 5.82 Å². The summed E-state index contributed by atoms with van der Waals surface area (Å²) >= 11 is 0. The van der Waals surface area contributed by atoms with E-state index in [-0.39, 0.29) is 0 Å². The Labute approximate surface area is 125 Å². The van der Waals surface area contributed by atoms with Crippen LogP contribution in [0.5, 0.6) is 5.88 Å². The van der Waals surface area contributed by atoms with E-state index in [1.165, 1.54) is 0 Å². The summed E-state index contributed by atoms with van der Waals surface area (Å²) in [5.41, 5.74) is 3.49. The van der Waals surface area contributed by atoms with E-state index in [1.807, 2.05) is 30.3 Å². The molecule has 0 amide bonds. The fourth-order valence-corrected chi connectivity index (χ4v) is 2.09. The predicted octanol–water partition coefficient (Wildman–Crippen LogP) is 3.24. The summed E-state index contributed by atoms with van der Waals surface area (Å²) in [7, 11) is 0. The van der Waals surface area contributed by atoms with Crippen LogP contribution in [0.1, 0.15) is 26.7 Å². The lowest BCUT2D eigenvalue weighted by molar-refractivity contribution is 0.243. The molecule has 1 aromatic heterocycles. The van der Waals surface area contributed by atoms with Gasteiger partial charge in [0.2, 0.25) is 5.88 Å². The number of nitrogens with one attached hydrogen (secondary N) is 1. The third-order valence-corrected chi connectivity index (χ3v) is 3.18. The lowest BCUT2D eigenvalue weighted by atomic mass is 10.1. The van der Waals surface area contributed by atoms with Crippen LogP contribution in [0.25, 0.3) is 11.4 Å². The molecule has 2 aromatic rings. The molecule has 0 saturated carbocycles. The number of ether oxygens (including phenoxy) is 1. The van der Waals surface area contributed by atoms with E-state index in [0.29, 0.717) is 30.0 Å².